The molecule has 0 bridgehead atoms. The van der Waals surface area contributed by atoms with Crippen LogP contribution in [0, 0.1) is 11.3 Å². The number of benzene rings is 1. The number of likely N-dealkylation sites (N-methyl/N-ethyl adjacent to an activating group) is 1. The highest BCUT2D eigenvalue weighted by Gasteiger charge is 2.57. The lowest BCUT2D eigenvalue weighted by atomic mass is 9.82. The fraction of sp³-hybridized carbons (Fsp3) is 0.500. The molecule has 3 rings (SSSR count). The molecule has 0 spiro atoms. The molecule has 2 heterocycles. The van der Waals surface area contributed by atoms with Crippen LogP contribution < -0.4 is 10.6 Å². The number of carbonyl (C=O) groups excluding carboxylic acids is 4. The number of nitrogens with zero attached hydrogens (tertiary/aromatic N) is 1. The minimum absolute atomic E-state index is 0.0878. The molecule has 1 saturated heterocycles. The van der Waals surface area contributed by atoms with Gasteiger partial charge in [0.2, 0.25) is 18.6 Å². The van der Waals surface area contributed by atoms with Gasteiger partial charge < -0.3 is 30.1 Å². The fourth-order valence-electron chi connectivity index (χ4n) is 4.00. The molecule has 0 saturated carbocycles. The lowest BCUT2D eigenvalue weighted by Crippen LogP contribution is -2.61. The zero-order valence-corrected chi connectivity index (χ0v) is 20.0. The van der Waals surface area contributed by atoms with Crippen LogP contribution in [-0.4, -0.2) is 66.3 Å². The number of ether oxygens (including phenoxy) is 2. The number of hydrogen-bond acceptors (Lipinski definition) is 8. The smallest absolute Gasteiger partial charge is 0.358 e. The maximum atomic E-state index is 13.0. The molecular weight excluding hydrogens is 442 g/mol. The normalized spacial score (nSPS) is 20.3. The Kier molecular flexibility index (Phi) is 7.30. The number of anilines is 1. The largest absolute Gasteiger partial charge is 0.427 e. The Morgan fingerprint density at radius 3 is 2.38 bits per heavy atom. The summed E-state index contributed by atoms with van der Waals surface area (Å²) in [6, 6.07) is 6.74. The van der Waals surface area contributed by atoms with Gasteiger partial charge in [0, 0.05) is 12.7 Å². The molecule has 0 unspecified atom stereocenters. The molecular formula is C24H31N3O7. The SMILES string of the molecule is CNC(=O)CNc1ccc(C2=C(C(=O)OCOC(=O)C(C)(C)C)N3C(=O)[C@H]([C@@H](C)O)[C@H]3C2)cc1. The van der Waals surface area contributed by atoms with E-state index in [1.807, 2.05) is 0 Å². The third kappa shape index (κ3) is 5.06. The number of nitrogens with one attached hydrogen (secondary N) is 2. The van der Waals surface area contributed by atoms with Crippen LogP contribution in [0.15, 0.2) is 30.0 Å². The molecule has 2 aliphatic rings. The van der Waals surface area contributed by atoms with Crippen LogP contribution in [0.5, 0.6) is 0 Å². The van der Waals surface area contributed by atoms with Crippen molar-refractivity contribution >= 4 is 35.0 Å². The standard InChI is InChI=1S/C24H31N3O7/c1-13(28)19-17-10-16(14-6-8-15(9-7-14)26-11-18(29)25-5)20(27(17)21(19)30)22(31)33-12-34-23(32)24(2,3)4/h6-9,13,17,19,26,28H,10-12H2,1-5H3,(H,25,29)/t13-,17-,19-/m1/s1. The van der Waals surface area contributed by atoms with Crippen LogP contribution in [0.4, 0.5) is 5.69 Å². The Morgan fingerprint density at radius 2 is 1.82 bits per heavy atom. The van der Waals surface area contributed by atoms with Crippen LogP contribution in [0.25, 0.3) is 5.57 Å². The zero-order valence-electron chi connectivity index (χ0n) is 20.0. The summed E-state index contributed by atoms with van der Waals surface area (Å²) < 4.78 is 10.2. The van der Waals surface area contributed by atoms with E-state index in [1.165, 1.54) is 4.90 Å². The summed E-state index contributed by atoms with van der Waals surface area (Å²) in [6.07, 6.45) is -0.479. The van der Waals surface area contributed by atoms with Crippen molar-refractivity contribution in [3.63, 3.8) is 0 Å². The molecule has 0 aromatic heterocycles. The first-order chi connectivity index (χ1) is 16.0. The van der Waals surface area contributed by atoms with E-state index in [9.17, 15) is 24.3 Å². The molecule has 2 amide bonds. The summed E-state index contributed by atoms with van der Waals surface area (Å²) in [4.78, 5) is 50.4. The lowest BCUT2D eigenvalue weighted by Gasteiger charge is -2.44. The minimum Gasteiger partial charge on any atom is -0.427 e. The van der Waals surface area contributed by atoms with Crippen molar-refractivity contribution < 1.29 is 33.8 Å². The van der Waals surface area contributed by atoms with Crippen molar-refractivity contribution in [3.05, 3.63) is 35.5 Å². The third-order valence-corrected chi connectivity index (χ3v) is 5.88. The van der Waals surface area contributed by atoms with Crippen LogP contribution in [0.1, 0.15) is 39.7 Å². The predicted molar refractivity (Wildman–Crippen MR) is 123 cm³/mol. The first-order valence-electron chi connectivity index (χ1n) is 11.1. The highest BCUT2D eigenvalue weighted by Crippen LogP contribution is 2.47. The molecule has 184 valence electrons. The van der Waals surface area contributed by atoms with Gasteiger partial charge in [-0.25, -0.2) is 4.79 Å². The van der Waals surface area contributed by atoms with Gasteiger partial charge in [-0.2, -0.15) is 0 Å². The first-order valence-corrected chi connectivity index (χ1v) is 11.1. The van der Waals surface area contributed by atoms with Gasteiger partial charge in [0.25, 0.3) is 0 Å². The average molecular weight is 474 g/mol. The number of esters is 2. The second-order valence-electron chi connectivity index (χ2n) is 9.41. The van der Waals surface area contributed by atoms with E-state index in [1.54, 1.807) is 59.0 Å². The maximum absolute atomic E-state index is 13.0. The first kappa shape index (κ1) is 25.2. The number of aliphatic hydroxyl groups excluding tert-OH is 1. The van der Waals surface area contributed by atoms with Gasteiger partial charge in [-0.1, -0.05) is 12.1 Å². The maximum Gasteiger partial charge on any atom is 0.358 e. The third-order valence-electron chi connectivity index (χ3n) is 5.88. The molecule has 0 radical (unpaired) electrons. The monoisotopic (exact) mass is 473 g/mol. The van der Waals surface area contributed by atoms with Gasteiger partial charge in [-0.3, -0.25) is 14.4 Å². The van der Waals surface area contributed by atoms with Gasteiger partial charge >= 0.3 is 11.9 Å². The zero-order chi connectivity index (χ0) is 25.2. The Bertz CT molecular complexity index is 1010. The van der Waals surface area contributed by atoms with Crippen LogP contribution in [-0.2, 0) is 28.7 Å². The summed E-state index contributed by atoms with van der Waals surface area (Å²) in [5.74, 6) is -2.41. The minimum atomic E-state index is -0.852. The van der Waals surface area contributed by atoms with Crippen LogP contribution in [0.3, 0.4) is 0 Å². The van der Waals surface area contributed by atoms with E-state index in [-0.39, 0.29) is 30.1 Å². The summed E-state index contributed by atoms with van der Waals surface area (Å²) in [7, 11) is 1.55. The molecule has 3 atom stereocenters. The van der Waals surface area contributed by atoms with Crippen LogP contribution >= 0.6 is 0 Å². The number of amides is 2. The number of aliphatic hydroxyl groups is 1. The molecule has 10 nitrogen and oxygen atoms in total. The fourth-order valence-corrected chi connectivity index (χ4v) is 4.00. The van der Waals surface area contributed by atoms with Crippen molar-refractivity contribution in [2.45, 2.75) is 46.3 Å². The van der Waals surface area contributed by atoms with E-state index in [0.29, 0.717) is 23.2 Å². The highest BCUT2D eigenvalue weighted by atomic mass is 16.7. The van der Waals surface area contributed by atoms with Crippen molar-refractivity contribution in [3.8, 4) is 0 Å². The Morgan fingerprint density at radius 1 is 1.18 bits per heavy atom. The summed E-state index contributed by atoms with van der Waals surface area (Å²) >= 11 is 0. The Hall–Kier alpha value is -3.40. The molecule has 1 aromatic rings. The van der Waals surface area contributed by atoms with E-state index < -0.39 is 36.2 Å². The summed E-state index contributed by atoms with van der Waals surface area (Å²) in [6.45, 7) is 6.14. The van der Waals surface area contributed by atoms with Gasteiger partial charge in [0.05, 0.1) is 30.0 Å². The van der Waals surface area contributed by atoms with Crippen molar-refractivity contribution in [1.82, 2.24) is 10.2 Å². The lowest BCUT2D eigenvalue weighted by molar-refractivity contribution is -0.175. The Balaban J connectivity index is 1.81. The van der Waals surface area contributed by atoms with Crippen molar-refractivity contribution in [2.24, 2.45) is 11.3 Å². The van der Waals surface area contributed by atoms with Gasteiger partial charge in [0.1, 0.15) is 5.70 Å². The molecule has 1 aromatic carbocycles. The van der Waals surface area contributed by atoms with Gasteiger partial charge in [-0.05, 0) is 57.4 Å². The number of carbonyl (C=O) groups is 4. The number of β-lactam (4-membered cyclic amide) rings is 1. The molecule has 1 fully saturated rings. The van der Waals surface area contributed by atoms with E-state index in [0.717, 1.165) is 0 Å². The van der Waals surface area contributed by atoms with E-state index in [2.05, 4.69) is 10.6 Å². The van der Waals surface area contributed by atoms with Crippen LogP contribution in [0.2, 0.25) is 0 Å². The molecule has 0 aliphatic carbocycles. The van der Waals surface area contributed by atoms with Gasteiger partial charge in [0.15, 0.2) is 0 Å². The molecule has 10 heteroatoms. The predicted octanol–water partition coefficient (Wildman–Crippen LogP) is 1.26. The average Bonchev–Trinajstić information content (AvgIpc) is 3.11. The number of rotatable bonds is 8. The number of fused-ring (bicyclic) bond motifs is 1. The topological polar surface area (TPSA) is 134 Å². The van der Waals surface area contributed by atoms with Gasteiger partial charge in [-0.15, -0.1) is 0 Å². The van der Waals surface area contributed by atoms with Crippen molar-refractivity contribution in [2.75, 3.05) is 25.7 Å². The van der Waals surface area contributed by atoms with Crippen molar-refractivity contribution in [1.29, 1.82) is 0 Å². The quantitative estimate of drug-likeness (QED) is 0.292. The van der Waals surface area contributed by atoms with E-state index in [4.69, 9.17) is 9.47 Å². The highest BCUT2D eigenvalue weighted by molar-refractivity contribution is 6.06. The summed E-state index contributed by atoms with van der Waals surface area (Å²) in [5.41, 5.74) is 1.36. The second-order valence-corrected chi connectivity index (χ2v) is 9.41. The molecule has 34 heavy (non-hydrogen) atoms. The number of hydrogen-bond donors (Lipinski definition) is 3. The molecule has 2 aliphatic heterocycles. The Labute approximate surface area is 198 Å². The molecule has 3 N–H and O–H groups in total. The second kappa shape index (κ2) is 9.84. The summed E-state index contributed by atoms with van der Waals surface area (Å²) in [5, 5.41) is 15.5. The van der Waals surface area contributed by atoms with E-state index >= 15 is 0 Å².